The summed E-state index contributed by atoms with van der Waals surface area (Å²) in [7, 11) is 0. The van der Waals surface area contributed by atoms with Gasteiger partial charge in [-0.15, -0.1) is 0 Å². The molecule has 0 N–H and O–H groups in total. The standard InChI is InChI=1S/C58H102O6/c1-4-7-10-13-16-19-22-25-27-28-29-30-31-34-36-39-42-45-48-51-57(60)63-54-55(53-62-56(59)50-47-44-41-38-35-32-24-21-18-15-12-9-6-3)64-58(61)52-49-46-43-40-37-33-26-23-20-17-14-11-8-5-2/h9,12,15-16,18-19,21-22,24-25,55H,4-8,10-11,13-14,17,20,23,26-54H2,1-3H3/b12-9-,18-15-,19-16-,24-21-,25-22-. The lowest BCUT2D eigenvalue weighted by Crippen LogP contribution is -2.30. The smallest absolute Gasteiger partial charge is 0.306 e. The van der Waals surface area contributed by atoms with E-state index in [9.17, 15) is 14.4 Å². The summed E-state index contributed by atoms with van der Waals surface area (Å²) < 4.78 is 16.8. The average Bonchev–Trinajstić information content (AvgIpc) is 3.29. The monoisotopic (exact) mass is 895 g/mol. The first-order chi connectivity index (χ1) is 31.5. The van der Waals surface area contributed by atoms with E-state index in [1.165, 1.54) is 148 Å². The van der Waals surface area contributed by atoms with Crippen molar-refractivity contribution in [1.29, 1.82) is 0 Å². The second-order valence-electron chi connectivity index (χ2n) is 18.2. The molecule has 0 aliphatic heterocycles. The molecular weight excluding hydrogens is 793 g/mol. The van der Waals surface area contributed by atoms with Gasteiger partial charge < -0.3 is 14.2 Å². The largest absolute Gasteiger partial charge is 0.462 e. The first-order valence-electron chi connectivity index (χ1n) is 27.3. The maximum absolute atomic E-state index is 12.8. The molecule has 0 aromatic heterocycles. The molecule has 0 aliphatic carbocycles. The van der Waals surface area contributed by atoms with Crippen molar-refractivity contribution in [3.63, 3.8) is 0 Å². The summed E-state index contributed by atoms with van der Waals surface area (Å²) in [4.78, 5) is 38.0. The van der Waals surface area contributed by atoms with Gasteiger partial charge in [0.1, 0.15) is 13.2 Å². The summed E-state index contributed by atoms with van der Waals surface area (Å²) in [5, 5.41) is 0. The van der Waals surface area contributed by atoms with Crippen molar-refractivity contribution in [3.05, 3.63) is 60.8 Å². The molecule has 370 valence electrons. The maximum Gasteiger partial charge on any atom is 0.306 e. The molecule has 0 bridgehead atoms. The van der Waals surface area contributed by atoms with Crippen LogP contribution < -0.4 is 0 Å². The van der Waals surface area contributed by atoms with E-state index >= 15 is 0 Å². The van der Waals surface area contributed by atoms with E-state index in [2.05, 4.69) is 81.5 Å². The Morgan fingerprint density at radius 2 is 0.609 bits per heavy atom. The van der Waals surface area contributed by atoms with Crippen LogP contribution in [-0.4, -0.2) is 37.2 Å². The van der Waals surface area contributed by atoms with E-state index in [-0.39, 0.29) is 31.1 Å². The summed E-state index contributed by atoms with van der Waals surface area (Å²) in [6.45, 7) is 6.48. The highest BCUT2D eigenvalue weighted by atomic mass is 16.6. The molecule has 0 radical (unpaired) electrons. The van der Waals surface area contributed by atoms with Crippen molar-refractivity contribution in [2.45, 2.75) is 277 Å². The Labute approximate surface area is 396 Å². The van der Waals surface area contributed by atoms with Crippen LogP contribution in [0.2, 0.25) is 0 Å². The number of allylic oxidation sites excluding steroid dienone is 10. The summed E-state index contributed by atoms with van der Waals surface area (Å²) in [6, 6.07) is 0. The Kier molecular flexibility index (Phi) is 50.4. The number of carbonyl (C=O) groups excluding carboxylic acids is 3. The molecule has 0 saturated carbocycles. The fraction of sp³-hybridized carbons (Fsp3) is 0.776. The van der Waals surface area contributed by atoms with Gasteiger partial charge in [-0.25, -0.2) is 0 Å². The van der Waals surface area contributed by atoms with Gasteiger partial charge in [0.05, 0.1) is 0 Å². The van der Waals surface area contributed by atoms with Crippen molar-refractivity contribution in [2.75, 3.05) is 13.2 Å². The number of unbranched alkanes of at least 4 members (excludes halogenated alkanes) is 31. The molecule has 0 spiro atoms. The molecule has 6 nitrogen and oxygen atoms in total. The number of hydrogen-bond donors (Lipinski definition) is 0. The van der Waals surface area contributed by atoms with Crippen LogP contribution in [0.1, 0.15) is 271 Å². The number of rotatable bonds is 49. The Morgan fingerprint density at radius 1 is 0.328 bits per heavy atom. The molecule has 1 unspecified atom stereocenters. The first kappa shape index (κ1) is 61.1. The molecule has 6 heteroatoms. The summed E-state index contributed by atoms with van der Waals surface area (Å²) >= 11 is 0. The molecule has 0 fully saturated rings. The van der Waals surface area contributed by atoms with E-state index in [1.807, 2.05) is 0 Å². The number of hydrogen-bond acceptors (Lipinski definition) is 6. The van der Waals surface area contributed by atoms with Crippen LogP contribution in [0.3, 0.4) is 0 Å². The van der Waals surface area contributed by atoms with Crippen molar-refractivity contribution in [3.8, 4) is 0 Å². The summed E-state index contributed by atoms with van der Waals surface area (Å²) in [5.41, 5.74) is 0. The van der Waals surface area contributed by atoms with E-state index in [4.69, 9.17) is 14.2 Å². The molecule has 1 atom stereocenters. The van der Waals surface area contributed by atoms with Gasteiger partial charge >= 0.3 is 17.9 Å². The maximum atomic E-state index is 12.8. The lowest BCUT2D eigenvalue weighted by Gasteiger charge is -2.18. The minimum absolute atomic E-state index is 0.0806. The van der Waals surface area contributed by atoms with E-state index < -0.39 is 6.10 Å². The predicted octanol–water partition coefficient (Wildman–Crippen LogP) is 18.0. The van der Waals surface area contributed by atoms with Gasteiger partial charge in [-0.3, -0.25) is 14.4 Å². The highest BCUT2D eigenvalue weighted by Crippen LogP contribution is 2.16. The zero-order valence-corrected chi connectivity index (χ0v) is 42.3. The Morgan fingerprint density at radius 3 is 0.984 bits per heavy atom. The normalized spacial score (nSPS) is 12.5. The number of carbonyl (C=O) groups is 3. The van der Waals surface area contributed by atoms with Crippen LogP contribution in [0.5, 0.6) is 0 Å². The Hall–Kier alpha value is -2.89. The summed E-state index contributed by atoms with van der Waals surface area (Å²) in [5.74, 6) is -0.896. The Bertz CT molecular complexity index is 1170. The molecular formula is C58H102O6. The third-order valence-corrected chi connectivity index (χ3v) is 11.8. The zero-order valence-electron chi connectivity index (χ0n) is 42.3. The van der Waals surface area contributed by atoms with Crippen LogP contribution >= 0.6 is 0 Å². The highest BCUT2D eigenvalue weighted by molar-refractivity contribution is 5.71. The van der Waals surface area contributed by atoms with Crippen LogP contribution in [0.15, 0.2) is 60.8 Å². The van der Waals surface area contributed by atoms with Gasteiger partial charge in [0.2, 0.25) is 0 Å². The third kappa shape index (κ3) is 50.1. The van der Waals surface area contributed by atoms with Gasteiger partial charge in [0.15, 0.2) is 6.10 Å². The average molecular weight is 895 g/mol. The lowest BCUT2D eigenvalue weighted by atomic mass is 10.0. The van der Waals surface area contributed by atoms with Crippen molar-refractivity contribution in [2.24, 2.45) is 0 Å². The topological polar surface area (TPSA) is 78.9 Å². The third-order valence-electron chi connectivity index (χ3n) is 11.8. The fourth-order valence-corrected chi connectivity index (χ4v) is 7.73. The summed E-state index contributed by atoms with van der Waals surface area (Å²) in [6.07, 6.45) is 64.9. The van der Waals surface area contributed by atoms with Gasteiger partial charge in [0.25, 0.3) is 0 Å². The number of esters is 3. The molecule has 0 aliphatic rings. The fourth-order valence-electron chi connectivity index (χ4n) is 7.73. The lowest BCUT2D eigenvalue weighted by molar-refractivity contribution is -0.167. The molecule has 0 aromatic rings. The highest BCUT2D eigenvalue weighted by Gasteiger charge is 2.19. The minimum Gasteiger partial charge on any atom is -0.462 e. The van der Waals surface area contributed by atoms with Crippen LogP contribution in [0.4, 0.5) is 0 Å². The van der Waals surface area contributed by atoms with E-state index in [1.54, 1.807) is 0 Å². The van der Waals surface area contributed by atoms with Crippen molar-refractivity contribution >= 4 is 17.9 Å². The molecule has 64 heavy (non-hydrogen) atoms. The molecule has 0 saturated heterocycles. The van der Waals surface area contributed by atoms with Gasteiger partial charge in [-0.05, 0) is 64.2 Å². The molecule has 0 heterocycles. The SMILES string of the molecule is CC\C=C/C=C\C=C/CCCCCCCC(=O)OCC(COC(=O)CCCCCCCCCCCC/C=C\C=C/CCCCC)OC(=O)CCCCCCCCCCCCCCCC. The van der Waals surface area contributed by atoms with Crippen LogP contribution in [0.25, 0.3) is 0 Å². The van der Waals surface area contributed by atoms with Gasteiger partial charge in [0, 0.05) is 19.3 Å². The molecule has 0 aromatic carbocycles. The number of ether oxygens (including phenoxy) is 3. The zero-order chi connectivity index (χ0) is 46.5. The van der Waals surface area contributed by atoms with Gasteiger partial charge in [-0.2, -0.15) is 0 Å². The Balaban J connectivity index is 4.35. The van der Waals surface area contributed by atoms with E-state index in [0.29, 0.717) is 19.3 Å². The minimum atomic E-state index is -0.781. The van der Waals surface area contributed by atoms with Crippen molar-refractivity contribution in [1.82, 2.24) is 0 Å². The molecule has 0 rings (SSSR count). The predicted molar refractivity (Wildman–Crippen MR) is 275 cm³/mol. The van der Waals surface area contributed by atoms with Crippen molar-refractivity contribution < 1.29 is 28.6 Å². The molecule has 0 amide bonds. The van der Waals surface area contributed by atoms with Gasteiger partial charge in [-0.1, -0.05) is 248 Å². The second kappa shape index (κ2) is 52.7. The quantitative estimate of drug-likeness (QED) is 0.0262. The van der Waals surface area contributed by atoms with E-state index in [0.717, 1.165) is 83.5 Å². The first-order valence-corrected chi connectivity index (χ1v) is 27.3. The van der Waals surface area contributed by atoms with Crippen LogP contribution in [0, 0.1) is 0 Å². The van der Waals surface area contributed by atoms with Crippen LogP contribution in [-0.2, 0) is 28.6 Å². The second-order valence-corrected chi connectivity index (χ2v) is 18.2.